The van der Waals surface area contributed by atoms with Gasteiger partial charge in [0.15, 0.2) is 0 Å². The number of ether oxygens (including phenoxy) is 1. The Hall–Kier alpha value is -0.0800. The van der Waals surface area contributed by atoms with E-state index in [1.54, 1.807) is 0 Å². The summed E-state index contributed by atoms with van der Waals surface area (Å²) in [7, 11) is 0. The smallest absolute Gasteiger partial charge is 0.0579 e. The standard InChI is InChI=1S/C14H28O2/c1-4-12(3)16-14-7-5-13(6-8-14)11(2)9-10-15/h11-15H,4-10H2,1-3H3. The van der Waals surface area contributed by atoms with Crippen LogP contribution >= 0.6 is 0 Å². The molecule has 0 spiro atoms. The lowest BCUT2D eigenvalue weighted by atomic mass is 9.78. The highest BCUT2D eigenvalue weighted by Gasteiger charge is 2.25. The Morgan fingerprint density at radius 1 is 1.19 bits per heavy atom. The van der Waals surface area contributed by atoms with Crippen molar-refractivity contribution in [2.75, 3.05) is 6.61 Å². The van der Waals surface area contributed by atoms with Gasteiger partial charge < -0.3 is 9.84 Å². The minimum absolute atomic E-state index is 0.338. The van der Waals surface area contributed by atoms with Gasteiger partial charge in [-0.25, -0.2) is 0 Å². The van der Waals surface area contributed by atoms with Crippen LogP contribution in [0.1, 0.15) is 59.3 Å². The maximum Gasteiger partial charge on any atom is 0.0579 e. The second-order valence-corrected chi connectivity index (χ2v) is 5.38. The van der Waals surface area contributed by atoms with Gasteiger partial charge in [0.1, 0.15) is 0 Å². The lowest BCUT2D eigenvalue weighted by molar-refractivity contribution is -0.0336. The van der Waals surface area contributed by atoms with E-state index in [1.807, 2.05) is 0 Å². The summed E-state index contributed by atoms with van der Waals surface area (Å²) in [4.78, 5) is 0. The summed E-state index contributed by atoms with van der Waals surface area (Å²) in [5, 5.41) is 8.95. The van der Waals surface area contributed by atoms with Crippen molar-refractivity contribution < 1.29 is 9.84 Å². The van der Waals surface area contributed by atoms with Crippen molar-refractivity contribution in [3.63, 3.8) is 0 Å². The zero-order valence-electron chi connectivity index (χ0n) is 11.1. The van der Waals surface area contributed by atoms with Gasteiger partial charge >= 0.3 is 0 Å². The van der Waals surface area contributed by atoms with Crippen LogP contribution in [0.5, 0.6) is 0 Å². The molecule has 2 nitrogen and oxygen atoms in total. The molecular formula is C14H28O2. The number of hydrogen-bond donors (Lipinski definition) is 1. The fourth-order valence-electron chi connectivity index (χ4n) is 2.66. The minimum atomic E-state index is 0.338. The molecule has 1 aliphatic carbocycles. The van der Waals surface area contributed by atoms with Crippen molar-refractivity contribution in [3.8, 4) is 0 Å². The molecule has 16 heavy (non-hydrogen) atoms. The first-order valence-corrected chi connectivity index (χ1v) is 6.93. The molecule has 0 heterocycles. The van der Waals surface area contributed by atoms with Gasteiger partial charge in [0.25, 0.3) is 0 Å². The summed E-state index contributed by atoms with van der Waals surface area (Å²) in [6.45, 7) is 6.96. The SMILES string of the molecule is CCC(C)OC1CCC(C(C)CCO)CC1. The zero-order valence-corrected chi connectivity index (χ0v) is 11.1. The number of rotatable bonds is 6. The van der Waals surface area contributed by atoms with Crippen LogP contribution in [-0.4, -0.2) is 23.9 Å². The second kappa shape index (κ2) is 7.29. The molecule has 2 heteroatoms. The van der Waals surface area contributed by atoms with Gasteiger partial charge in [-0.05, 0) is 57.3 Å². The van der Waals surface area contributed by atoms with Crippen LogP contribution in [0.15, 0.2) is 0 Å². The normalized spacial score (nSPS) is 30.0. The summed E-state index contributed by atoms with van der Waals surface area (Å²) >= 11 is 0. The van der Waals surface area contributed by atoms with Gasteiger partial charge in [0, 0.05) is 6.61 Å². The van der Waals surface area contributed by atoms with Gasteiger partial charge in [-0.15, -0.1) is 0 Å². The van der Waals surface area contributed by atoms with E-state index in [4.69, 9.17) is 9.84 Å². The van der Waals surface area contributed by atoms with Crippen LogP contribution in [0.25, 0.3) is 0 Å². The Kier molecular flexibility index (Phi) is 6.37. The van der Waals surface area contributed by atoms with E-state index in [2.05, 4.69) is 20.8 Å². The average Bonchev–Trinajstić information content (AvgIpc) is 2.30. The molecule has 1 aliphatic rings. The molecule has 0 amide bonds. The summed E-state index contributed by atoms with van der Waals surface area (Å²) < 4.78 is 5.98. The summed E-state index contributed by atoms with van der Waals surface area (Å²) in [6, 6.07) is 0. The molecule has 0 aromatic carbocycles. The highest BCUT2D eigenvalue weighted by Crippen LogP contribution is 2.33. The van der Waals surface area contributed by atoms with E-state index in [0.29, 0.717) is 24.7 Å². The molecule has 0 bridgehead atoms. The van der Waals surface area contributed by atoms with Crippen LogP contribution in [0, 0.1) is 11.8 Å². The molecule has 1 rings (SSSR count). The van der Waals surface area contributed by atoms with Gasteiger partial charge in [-0.1, -0.05) is 13.8 Å². The van der Waals surface area contributed by atoms with Crippen LogP contribution in [0.3, 0.4) is 0 Å². The first-order chi connectivity index (χ1) is 7.67. The summed E-state index contributed by atoms with van der Waals surface area (Å²) in [5.74, 6) is 1.48. The third kappa shape index (κ3) is 4.42. The zero-order chi connectivity index (χ0) is 12.0. The third-order valence-electron chi connectivity index (χ3n) is 4.11. The fraction of sp³-hybridized carbons (Fsp3) is 1.00. The van der Waals surface area contributed by atoms with E-state index in [-0.39, 0.29) is 0 Å². The van der Waals surface area contributed by atoms with Crippen LogP contribution in [-0.2, 0) is 4.74 Å². The predicted octanol–water partition coefficient (Wildman–Crippen LogP) is 3.38. The third-order valence-corrected chi connectivity index (χ3v) is 4.11. The molecule has 0 aliphatic heterocycles. The Bertz CT molecular complexity index is 174. The minimum Gasteiger partial charge on any atom is -0.396 e. The quantitative estimate of drug-likeness (QED) is 0.755. The Balaban J connectivity index is 2.23. The fourth-order valence-corrected chi connectivity index (χ4v) is 2.66. The van der Waals surface area contributed by atoms with Crippen molar-refractivity contribution in [1.29, 1.82) is 0 Å². The lowest BCUT2D eigenvalue weighted by Gasteiger charge is -2.33. The topological polar surface area (TPSA) is 29.5 Å². The van der Waals surface area contributed by atoms with Gasteiger partial charge in [0.05, 0.1) is 12.2 Å². The molecular weight excluding hydrogens is 200 g/mol. The summed E-state index contributed by atoms with van der Waals surface area (Å²) in [6.07, 6.45) is 7.96. The van der Waals surface area contributed by atoms with Crippen LogP contribution < -0.4 is 0 Å². The maximum absolute atomic E-state index is 8.95. The average molecular weight is 228 g/mol. The largest absolute Gasteiger partial charge is 0.396 e. The van der Waals surface area contributed by atoms with E-state index >= 15 is 0 Å². The second-order valence-electron chi connectivity index (χ2n) is 5.38. The molecule has 0 radical (unpaired) electrons. The monoisotopic (exact) mass is 228 g/mol. The van der Waals surface area contributed by atoms with Crippen LogP contribution in [0.2, 0.25) is 0 Å². The number of aliphatic hydroxyl groups is 1. The van der Waals surface area contributed by atoms with E-state index in [0.717, 1.165) is 18.8 Å². The van der Waals surface area contributed by atoms with Crippen molar-refractivity contribution in [1.82, 2.24) is 0 Å². The van der Waals surface area contributed by atoms with E-state index in [1.165, 1.54) is 25.7 Å². The molecule has 2 unspecified atom stereocenters. The molecule has 0 aromatic heterocycles. The van der Waals surface area contributed by atoms with Crippen molar-refractivity contribution >= 4 is 0 Å². The lowest BCUT2D eigenvalue weighted by Crippen LogP contribution is -2.27. The molecule has 96 valence electrons. The van der Waals surface area contributed by atoms with Crippen molar-refractivity contribution in [3.05, 3.63) is 0 Å². The Morgan fingerprint density at radius 2 is 1.81 bits per heavy atom. The van der Waals surface area contributed by atoms with Gasteiger partial charge in [-0.2, -0.15) is 0 Å². The van der Waals surface area contributed by atoms with Crippen molar-refractivity contribution in [2.24, 2.45) is 11.8 Å². The highest BCUT2D eigenvalue weighted by atomic mass is 16.5. The van der Waals surface area contributed by atoms with Crippen LogP contribution in [0.4, 0.5) is 0 Å². The summed E-state index contributed by atoms with van der Waals surface area (Å²) in [5.41, 5.74) is 0. The predicted molar refractivity (Wildman–Crippen MR) is 67.5 cm³/mol. The molecule has 1 fully saturated rings. The highest BCUT2D eigenvalue weighted by molar-refractivity contribution is 4.76. The first kappa shape index (κ1) is 14.0. The Labute approximate surface area is 100 Å². The molecule has 2 atom stereocenters. The molecule has 1 N–H and O–H groups in total. The van der Waals surface area contributed by atoms with Crippen molar-refractivity contribution in [2.45, 2.75) is 71.5 Å². The first-order valence-electron chi connectivity index (χ1n) is 6.93. The number of hydrogen-bond acceptors (Lipinski definition) is 2. The molecule has 0 aromatic rings. The molecule has 1 saturated carbocycles. The molecule has 0 saturated heterocycles. The number of aliphatic hydroxyl groups excluding tert-OH is 1. The van der Waals surface area contributed by atoms with Gasteiger partial charge in [-0.3, -0.25) is 0 Å². The van der Waals surface area contributed by atoms with Gasteiger partial charge in [0.2, 0.25) is 0 Å². The Morgan fingerprint density at radius 3 is 2.31 bits per heavy atom. The maximum atomic E-state index is 8.95. The van der Waals surface area contributed by atoms with E-state index < -0.39 is 0 Å². The van der Waals surface area contributed by atoms with E-state index in [9.17, 15) is 0 Å².